The zero-order valence-electron chi connectivity index (χ0n) is 22.7. The van der Waals surface area contributed by atoms with Gasteiger partial charge in [0.05, 0.1) is 5.41 Å². The first-order valence-electron chi connectivity index (χ1n) is 13.0. The first kappa shape index (κ1) is 28.6. The molecule has 1 fully saturated rings. The van der Waals surface area contributed by atoms with E-state index in [1.807, 2.05) is 47.0 Å². The first-order valence-corrected chi connectivity index (χ1v) is 13.0. The Hall–Kier alpha value is -2.59. The molecule has 0 N–H and O–H groups in total. The Morgan fingerprint density at radius 2 is 1.60 bits per heavy atom. The molecule has 0 heterocycles. The van der Waals surface area contributed by atoms with Gasteiger partial charge in [-0.2, -0.15) is 0 Å². The molecular formula is C31H45NO3. The van der Waals surface area contributed by atoms with Crippen LogP contribution in [0.2, 0.25) is 0 Å². The fourth-order valence-electron chi connectivity index (χ4n) is 3.76. The quantitative estimate of drug-likeness (QED) is 0.290. The number of likely N-dealkylation sites (N-methyl/N-ethyl adjacent to an activating group) is 1. The molecule has 1 aliphatic carbocycles. The van der Waals surface area contributed by atoms with Crippen LogP contribution >= 0.6 is 0 Å². The van der Waals surface area contributed by atoms with Crippen LogP contribution in [0.25, 0.3) is 11.6 Å². The number of carbonyl (C=O) groups excluding carboxylic acids is 1. The summed E-state index contributed by atoms with van der Waals surface area (Å²) in [7, 11) is 4.10. The third-order valence-corrected chi connectivity index (χ3v) is 5.99. The van der Waals surface area contributed by atoms with Crippen LogP contribution in [0.15, 0.2) is 54.6 Å². The Morgan fingerprint density at radius 1 is 0.971 bits per heavy atom. The highest BCUT2D eigenvalue weighted by atomic mass is 16.5. The van der Waals surface area contributed by atoms with Crippen molar-refractivity contribution < 1.29 is 14.3 Å². The molecule has 192 valence electrons. The highest BCUT2D eigenvalue weighted by Gasteiger charge is 2.26. The summed E-state index contributed by atoms with van der Waals surface area (Å²) in [5.41, 5.74) is 3.50. The van der Waals surface area contributed by atoms with Gasteiger partial charge in [-0.1, -0.05) is 61.9 Å². The largest absolute Gasteiger partial charge is 0.492 e. The summed E-state index contributed by atoms with van der Waals surface area (Å²) in [6, 6.07) is 18.9. The van der Waals surface area contributed by atoms with Gasteiger partial charge in [-0.05, 0) is 95.8 Å². The summed E-state index contributed by atoms with van der Waals surface area (Å²) in [4.78, 5) is 13.6. The molecular weight excluding hydrogens is 434 g/mol. The maximum atomic E-state index is 11.5. The van der Waals surface area contributed by atoms with Crippen molar-refractivity contribution in [1.82, 2.24) is 4.90 Å². The van der Waals surface area contributed by atoms with Crippen LogP contribution in [0, 0.1) is 5.41 Å². The normalized spacial score (nSPS) is 14.8. The fourth-order valence-corrected chi connectivity index (χ4v) is 3.76. The average molecular weight is 480 g/mol. The molecule has 0 atom stereocenters. The van der Waals surface area contributed by atoms with Gasteiger partial charge < -0.3 is 14.4 Å². The van der Waals surface area contributed by atoms with Crippen LogP contribution in [-0.4, -0.2) is 44.2 Å². The van der Waals surface area contributed by atoms with E-state index in [0.717, 1.165) is 31.6 Å². The van der Waals surface area contributed by atoms with Gasteiger partial charge in [0.1, 0.15) is 18.5 Å². The molecule has 3 rings (SSSR count). The Balaban J connectivity index is 0.000000283. The van der Waals surface area contributed by atoms with Crippen molar-refractivity contribution >= 4 is 17.6 Å². The van der Waals surface area contributed by atoms with Crippen LogP contribution in [0.4, 0.5) is 0 Å². The van der Waals surface area contributed by atoms with E-state index in [1.165, 1.54) is 36.0 Å². The number of carbonyl (C=O) groups is 1. The molecule has 2 aromatic rings. The van der Waals surface area contributed by atoms with E-state index in [2.05, 4.69) is 60.4 Å². The number of allylic oxidation sites excluding steroid dienone is 1. The second kappa shape index (κ2) is 14.7. The van der Waals surface area contributed by atoms with Gasteiger partial charge in [0.2, 0.25) is 0 Å². The summed E-state index contributed by atoms with van der Waals surface area (Å²) in [5, 5.41) is 0. The molecule has 1 saturated carbocycles. The predicted molar refractivity (Wildman–Crippen MR) is 148 cm³/mol. The third-order valence-electron chi connectivity index (χ3n) is 5.99. The van der Waals surface area contributed by atoms with Crippen molar-refractivity contribution in [2.75, 3.05) is 27.2 Å². The highest BCUT2D eigenvalue weighted by Crippen LogP contribution is 2.24. The number of hydrogen-bond donors (Lipinski definition) is 0. The Labute approximate surface area is 213 Å². The zero-order valence-corrected chi connectivity index (χ0v) is 22.7. The number of nitrogens with zero attached hydrogens (tertiary/aromatic N) is 1. The summed E-state index contributed by atoms with van der Waals surface area (Å²) in [6.45, 7) is 9.54. The van der Waals surface area contributed by atoms with Gasteiger partial charge >= 0.3 is 5.97 Å². The molecule has 0 saturated heterocycles. The summed E-state index contributed by atoms with van der Waals surface area (Å²) in [6.07, 6.45) is 9.29. The molecule has 1 aliphatic rings. The van der Waals surface area contributed by atoms with Gasteiger partial charge in [0.25, 0.3) is 0 Å². The lowest BCUT2D eigenvalue weighted by molar-refractivity contribution is -0.160. The molecule has 0 aromatic heterocycles. The van der Waals surface area contributed by atoms with Crippen LogP contribution in [0.1, 0.15) is 77.3 Å². The van der Waals surface area contributed by atoms with Gasteiger partial charge in [-0.15, -0.1) is 0 Å². The van der Waals surface area contributed by atoms with Crippen LogP contribution in [-0.2, 0) is 9.53 Å². The lowest BCUT2D eigenvalue weighted by atomic mass is 9.95. The van der Waals surface area contributed by atoms with E-state index in [1.54, 1.807) is 0 Å². The monoisotopic (exact) mass is 479 g/mol. The minimum Gasteiger partial charge on any atom is -0.492 e. The molecule has 0 radical (unpaired) electrons. The second-order valence-corrected chi connectivity index (χ2v) is 10.5. The molecule has 0 spiro atoms. The topological polar surface area (TPSA) is 38.8 Å². The molecule has 35 heavy (non-hydrogen) atoms. The summed E-state index contributed by atoms with van der Waals surface area (Å²) >= 11 is 0. The smallest absolute Gasteiger partial charge is 0.311 e. The van der Waals surface area contributed by atoms with E-state index in [9.17, 15) is 4.79 Å². The molecule has 2 aromatic carbocycles. The molecule has 4 heteroatoms. The maximum absolute atomic E-state index is 11.5. The molecule has 4 nitrogen and oxygen atoms in total. The highest BCUT2D eigenvalue weighted by molar-refractivity contribution is 5.81. The van der Waals surface area contributed by atoms with Crippen LogP contribution < -0.4 is 4.74 Å². The maximum Gasteiger partial charge on any atom is 0.311 e. The minimum atomic E-state index is -0.350. The van der Waals surface area contributed by atoms with Crippen molar-refractivity contribution in [2.24, 2.45) is 5.41 Å². The van der Waals surface area contributed by atoms with Crippen LogP contribution in [0.5, 0.6) is 5.75 Å². The first-order chi connectivity index (χ1) is 16.7. The summed E-state index contributed by atoms with van der Waals surface area (Å²) < 4.78 is 11.1. The van der Waals surface area contributed by atoms with Crippen molar-refractivity contribution in [3.05, 3.63) is 65.7 Å². The number of rotatable bonds is 8. The number of ether oxygens (including phenoxy) is 2. The Morgan fingerprint density at radius 3 is 2.14 bits per heavy atom. The van der Waals surface area contributed by atoms with E-state index in [0.29, 0.717) is 6.61 Å². The standard InChI is InChI=1S/C20H25NO.C11H20O2/c1-4-18(19-8-6-5-7-9-19)16-17-10-12-20(13-11-17)22-15-14-21(2)3;1-11(2,3)10(12)13-9-7-5-4-6-8-9/h5-13,16H,4,14-15H2,1-3H3;9H,4-8H2,1-3H3/b18-16-;. The number of benzene rings is 2. The Kier molecular flexibility index (Phi) is 12.1. The molecule has 0 aliphatic heterocycles. The molecule has 0 unspecified atom stereocenters. The van der Waals surface area contributed by atoms with Crippen LogP contribution in [0.3, 0.4) is 0 Å². The average Bonchev–Trinajstić information content (AvgIpc) is 2.84. The molecule has 0 amide bonds. The van der Waals surface area contributed by atoms with E-state index in [4.69, 9.17) is 9.47 Å². The van der Waals surface area contributed by atoms with E-state index < -0.39 is 0 Å². The van der Waals surface area contributed by atoms with Gasteiger partial charge in [0.15, 0.2) is 0 Å². The van der Waals surface area contributed by atoms with Gasteiger partial charge in [-0.3, -0.25) is 4.79 Å². The lowest BCUT2D eigenvalue weighted by Gasteiger charge is -2.25. The van der Waals surface area contributed by atoms with Crippen molar-refractivity contribution in [3.8, 4) is 5.75 Å². The van der Waals surface area contributed by atoms with E-state index in [-0.39, 0.29) is 17.5 Å². The second-order valence-electron chi connectivity index (χ2n) is 10.5. The lowest BCUT2D eigenvalue weighted by Crippen LogP contribution is -2.29. The third kappa shape index (κ3) is 11.1. The zero-order chi connectivity index (χ0) is 25.7. The molecule has 0 bridgehead atoms. The number of hydrogen-bond acceptors (Lipinski definition) is 4. The van der Waals surface area contributed by atoms with Gasteiger partial charge in [-0.25, -0.2) is 0 Å². The van der Waals surface area contributed by atoms with E-state index >= 15 is 0 Å². The SMILES string of the molecule is CC(C)(C)C(=O)OC1CCCCC1.CC/C(=C/c1ccc(OCCN(C)C)cc1)c1ccccc1. The van der Waals surface area contributed by atoms with Gasteiger partial charge in [0, 0.05) is 6.54 Å². The van der Waals surface area contributed by atoms with Crippen molar-refractivity contribution in [3.63, 3.8) is 0 Å². The van der Waals surface area contributed by atoms with Crippen molar-refractivity contribution in [2.45, 2.75) is 72.3 Å². The Bertz CT molecular complexity index is 889. The number of esters is 1. The minimum absolute atomic E-state index is 0.0561. The fraction of sp³-hybridized carbons (Fsp3) is 0.516. The van der Waals surface area contributed by atoms with Crippen molar-refractivity contribution in [1.29, 1.82) is 0 Å². The predicted octanol–water partition coefficient (Wildman–Crippen LogP) is 7.49. The summed E-state index contributed by atoms with van der Waals surface area (Å²) in [5.74, 6) is 0.871.